The van der Waals surface area contributed by atoms with Crippen LogP contribution in [-0.2, 0) is 10.2 Å². The van der Waals surface area contributed by atoms with Gasteiger partial charge in [-0.2, -0.15) is 0 Å². The second-order valence-corrected chi connectivity index (χ2v) is 6.45. The summed E-state index contributed by atoms with van der Waals surface area (Å²) in [6.07, 6.45) is 0.537. The van der Waals surface area contributed by atoms with Crippen LogP contribution in [-0.4, -0.2) is 40.9 Å². The third-order valence-corrected chi connectivity index (χ3v) is 3.04. The van der Waals surface area contributed by atoms with Gasteiger partial charge in [-0.25, -0.2) is 15.8 Å². The fourth-order valence-electron chi connectivity index (χ4n) is 1.64. The number of ether oxygens (including phenoxy) is 1. The van der Waals surface area contributed by atoms with E-state index in [4.69, 9.17) is 10.6 Å². The standard InChI is InChI=1S/C14H27N5O2/c1-13(2,3)12-17-10(8-11(18-12)19-15)16-9-14(4,20)6-7-21-5/h8,20H,6-7,9,15H2,1-5H3,(H2,16,17,18,19). The smallest absolute Gasteiger partial charge is 0.145 e. The largest absolute Gasteiger partial charge is 0.388 e. The van der Waals surface area contributed by atoms with Gasteiger partial charge in [0.1, 0.15) is 17.5 Å². The number of anilines is 2. The zero-order chi connectivity index (χ0) is 16.1. The lowest BCUT2D eigenvalue weighted by Crippen LogP contribution is -2.35. The summed E-state index contributed by atoms with van der Waals surface area (Å²) < 4.78 is 4.99. The van der Waals surface area contributed by atoms with E-state index in [0.717, 1.165) is 0 Å². The Morgan fingerprint density at radius 3 is 2.38 bits per heavy atom. The first-order chi connectivity index (χ1) is 9.68. The molecule has 7 heteroatoms. The van der Waals surface area contributed by atoms with Gasteiger partial charge in [-0.15, -0.1) is 0 Å². The van der Waals surface area contributed by atoms with Crippen molar-refractivity contribution in [1.82, 2.24) is 9.97 Å². The highest BCUT2D eigenvalue weighted by Crippen LogP contribution is 2.22. The predicted molar refractivity (Wildman–Crippen MR) is 84.1 cm³/mol. The maximum absolute atomic E-state index is 10.2. The third-order valence-electron chi connectivity index (χ3n) is 3.04. The van der Waals surface area contributed by atoms with Crippen LogP contribution in [0.2, 0.25) is 0 Å². The lowest BCUT2D eigenvalue weighted by molar-refractivity contribution is 0.0357. The number of aliphatic hydroxyl groups is 1. The molecule has 0 amide bonds. The monoisotopic (exact) mass is 297 g/mol. The van der Waals surface area contributed by atoms with Gasteiger partial charge >= 0.3 is 0 Å². The van der Waals surface area contributed by atoms with Gasteiger partial charge in [0, 0.05) is 38.2 Å². The molecule has 21 heavy (non-hydrogen) atoms. The summed E-state index contributed by atoms with van der Waals surface area (Å²) in [5, 5.41) is 13.4. The summed E-state index contributed by atoms with van der Waals surface area (Å²) in [7, 11) is 1.61. The minimum atomic E-state index is -0.876. The summed E-state index contributed by atoms with van der Waals surface area (Å²) in [5.41, 5.74) is 1.47. The van der Waals surface area contributed by atoms with Crippen molar-refractivity contribution in [2.24, 2.45) is 5.84 Å². The second kappa shape index (κ2) is 7.02. The number of nitrogens with one attached hydrogen (secondary N) is 2. The van der Waals surface area contributed by atoms with Crippen LogP contribution in [0, 0.1) is 0 Å². The van der Waals surface area contributed by atoms with Crippen LogP contribution in [0.3, 0.4) is 0 Å². The van der Waals surface area contributed by atoms with Crippen LogP contribution in [0.4, 0.5) is 11.6 Å². The highest BCUT2D eigenvalue weighted by atomic mass is 16.5. The number of hydrazine groups is 1. The van der Waals surface area contributed by atoms with Crippen molar-refractivity contribution in [3.05, 3.63) is 11.9 Å². The van der Waals surface area contributed by atoms with Crippen molar-refractivity contribution < 1.29 is 9.84 Å². The molecule has 1 atom stereocenters. The van der Waals surface area contributed by atoms with Crippen LogP contribution in [0.25, 0.3) is 0 Å². The lowest BCUT2D eigenvalue weighted by Gasteiger charge is -2.24. The Labute approximate surface area is 126 Å². The van der Waals surface area contributed by atoms with Gasteiger partial charge in [0.15, 0.2) is 0 Å². The van der Waals surface area contributed by atoms with Gasteiger partial charge in [0.25, 0.3) is 0 Å². The molecule has 0 aliphatic rings. The predicted octanol–water partition coefficient (Wildman–Crippen LogP) is 1.26. The fraction of sp³-hybridized carbons (Fsp3) is 0.714. The van der Waals surface area contributed by atoms with Crippen LogP contribution in [0.1, 0.15) is 39.9 Å². The highest BCUT2D eigenvalue weighted by molar-refractivity contribution is 5.47. The average molecular weight is 297 g/mol. The van der Waals surface area contributed by atoms with E-state index in [1.165, 1.54) is 0 Å². The van der Waals surface area contributed by atoms with E-state index in [9.17, 15) is 5.11 Å². The van der Waals surface area contributed by atoms with E-state index in [1.807, 2.05) is 20.8 Å². The normalized spacial score (nSPS) is 14.6. The molecule has 1 unspecified atom stereocenters. The van der Waals surface area contributed by atoms with Crippen LogP contribution >= 0.6 is 0 Å². The molecule has 1 rings (SSSR count). The molecule has 5 N–H and O–H groups in total. The number of hydrogen-bond acceptors (Lipinski definition) is 7. The minimum absolute atomic E-state index is 0.193. The van der Waals surface area contributed by atoms with Gasteiger partial charge in [0.05, 0.1) is 5.60 Å². The zero-order valence-corrected chi connectivity index (χ0v) is 13.5. The zero-order valence-electron chi connectivity index (χ0n) is 13.5. The van der Waals surface area contributed by atoms with Crippen LogP contribution in [0.15, 0.2) is 6.07 Å². The van der Waals surface area contributed by atoms with E-state index in [1.54, 1.807) is 20.1 Å². The maximum Gasteiger partial charge on any atom is 0.145 e. The first kappa shape index (κ1) is 17.6. The van der Waals surface area contributed by atoms with E-state index < -0.39 is 5.60 Å². The maximum atomic E-state index is 10.2. The molecule has 0 saturated heterocycles. The summed E-state index contributed by atoms with van der Waals surface area (Å²) >= 11 is 0. The minimum Gasteiger partial charge on any atom is -0.388 e. The van der Waals surface area contributed by atoms with Crippen molar-refractivity contribution in [3.8, 4) is 0 Å². The molecule has 0 radical (unpaired) electrons. The first-order valence-electron chi connectivity index (χ1n) is 6.99. The Hall–Kier alpha value is -1.44. The van der Waals surface area contributed by atoms with E-state index >= 15 is 0 Å². The van der Waals surface area contributed by atoms with Gasteiger partial charge in [-0.1, -0.05) is 20.8 Å². The van der Waals surface area contributed by atoms with Crippen LogP contribution < -0.4 is 16.6 Å². The SMILES string of the molecule is COCCC(C)(O)CNc1cc(NN)nc(C(C)(C)C)n1. The molecular formula is C14H27N5O2. The first-order valence-corrected chi connectivity index (χ1v) is 6.99. The van der Waals surface area contributed by atoms with Crippen molar-refractivity contribution in [2.45, 2.75) is 45.1 Å². The van der Waals surface area contributed by atoms with Crippen molar-refractivity contribution in [1.29, 1.82) is 0 Å². The van der Waals surface area contributed by atoms with E-state index in [0.29, 0.717) is 37.0 Å². The van der Waals surface area contributed by atoms with E-state index in [2.05, 4.69) is 20.7 Å². The number of nitrogens with two attached hydrogens (primary N) is 1. The molecule has 0 bridgehead atoms. The lowest BCUT2D eigenvalue weighted by atomic mass is 9.96. The summed E-state index contributed by atoms with van der Waals surface area (Å²) in [6.45, 7) is 8.71. The van der Waals surface area contributed by atoms with E-state index in [-0.39, 0.29) is 5.41 Å². The van der Waals surface area contributed by atoms with Crippen LogP contribution in [0.5, 0.6) is 0 Å². The molecule has 0 aromatic carbocycles. The van der Waals surface area contributed by atoms with Gasteiger partial charge in [-0.3, -0.25) is 0 Å². The molecule has 0 aliphatic carbocycles. The second-order valence-electron chi connectivity index (χ2n) is 6.45. The molecule has 0 aliphatic heterocycles. The summed E-state index contributed by atoms with van der Waals surface area (Å²) in [5.74, 6) is 7.28. The molecule has 0 saturated carbocycles. The Morgan fingerprint density at radius 2 is 1.86 bits per heavy atom. The fourth-order valence-corrected chi connectivity index (χ4v) is 1.64. The number of hydrogen-bond donors (Lipinski definition) is 4. The Kier molecular flexibility index (Phi) is 5.88. The Bertz CT molecular complexity index is 457. The van der Waals surface area contributed by atoms with Gasteiger partial charge in [-0.05, 0) is 6.92 Å². The number of rotatable bonds is 7. The number of aromatic nitrogens is 2. The highest BCUT2D eigenvalue weighted by Gasteiger charge is 2.22. The van der Waals surface area contributed by atoms with Gasteiger partial charge < -0.3 is 20.6 Å². The quantitative estimate of drug-likeness (QED) is 0.443. The molecule has 1 heterocycles. The topological polar surface area (TPSA) is 105 Å². The van der Waals surface area contributed by atoms with Crippen molar-refractivity contribution >= 4 is 11.6 Å². The third kappa shape index (κ3) is 5.82. The number of nitrogens with zero attached hydrogens (tertiary/aromatic N) is 2. The van der Waals surface area contributed by atoms with Crippen molar-refractivity contribution in [3.63, 3.8) is 0 Å². The Morgan fingerprint density at radius 1 is 1.24 bits per heavy atom. The van der Waals surface area contributed by atoms with Gasteiger partial charge in [0.2, 0.25) is 0 Å². The number of nitrogen functional groups attached to an aromatic ring is 1. The molecule has 0 spiro atoms. The molecule has 0 fully saturated rings. The summed E-state index contributed by atoms with van der Waals surface area (Å²) in [4.78, 5) is 8.82. The summed E-state index contributed by atoms with van der Waals surface area (Å²) in [6, 6.07) is 1.71. The molecule has 1 aromatic heterocycles. The average Bonchev–Trinajstić information content (AvgIpc) is 2.42. The molecule has 1 aromatic rings. The molecule has 7 nitrogen and oxygen atoms in total. The Balaban J connectivity index is 2.83. The molecule has 120 valence electrons. The molecular weight excluding hydrogens is 270 g/mol. The van der Waals surface area contributed by atoms with Crippen molar-refractivity contribution in [2.75, 3.05) is 31.0 Å². The number of methoxy groups -OCH3 is 1.